The van der Waals surface area contributed by atoms with E-state index in [9.17, 15) is 9.59 Å². The highest BCUT2D eigenvalue weighted by atomic mass is 16.4. The zero-order valence-corrected chi connectivity index (χ0v) is 9.43. The number of nitrogens with two attached hydrogens (primary N) is 1. The van der Waals surface area contributed by atoms with E-state index in [0.29, 0.717) is 12.1 Å². The lowest BCUT2D eigenvalue weighted by Crippen LogP contribution is -2.15. The number of carbonyl (C=O) groups is 2. The second-order valence-corrected chi connectivity index (χ2v) is 3.98. The van der Waals surface area contributed by atoms with Crippen LogP contribution in [0.1, 0.15) is 42.2 Å². The van der Waals surface area contributed by atoms with Gasteiger partial charge in [-0.1, -0.05) is 13.8 Å². The molecular formula is C11H16N2O3. The van der Waals surface area contributed by atoms with Gasteiger partial charge in [-0.25, -0.2) is 4.79 Å². The van der Waals surface area contributed by atoms with Crippen molar-refractivity contribution in [1.82, 2.24) is 4.57 Å². The first-order valence-corrected chi connectivity index (χ1v) is 5.14. The number of carbonyl (C=O) groups excluding carboxylic acids is 1. The lowest BCUT2D eigenvalue weighted by atomic mass is 10.1. The molecule has 1 aromatic heterocycles. The normalized spacial score (nSPS) is 10.7. The second-order valence-electron chi connectivity index (χ2n) is 3.98. The van der Waals surface area contributed by atoms with Crippen molar-refractivity contribution in [3.05, 3.63) is 23.5 Å². The zero-order valence-electron chi connectivity index (χ0n) is 9.43. The van der Waals surface area contributed by atoms with Crippen LogP contribution in [0.4, 0.5) is 0 Å². The van der Waals surface area contributed by atoms with Gasteiger partial charge in [0.05, 0.1) is 5.56 Å². The van der Waals surface area contributed by atoms with E-state index in [1.54, 1.807) is 16.8 Å². The van der Waals surface area contributed by atoms with Crippen LogP contribution in [0.2, 0.25) is 0 Å². The summed E-state index contributed by atoms with van der Waals surface area (Å²) < 4.78 is 1.78. The molecule has 3 N–H and O–H groups in total. The molecule has 0 radical (unpaired) electrons. The summed E-state index contributed by atoms with van der Waals surface area (Å²) in [5.74, 6) is -1.24. The van der Waals surface area contributed by atoms with Gasteiger partial charge in [0, 0.05) is 24.9 Å². The quantitative estimate of drug-likeness (QED) is 0.787. The van der Waals surface area contributed by atoms with Gasteiger partial charge in [0.25, 0.3) is 0 Å². The third-order valence-corrected chi connectivity index (χ3v) is 2.38. The van der Waals surface area contributed by atoms with Gasteiger partial charge in [-0.15, -0.1) is 0 Å². The van der Waals surface area contributed by atoms with E-state index in [1.807, 2.05) is 13.8 Å². The molecule has 0 spiro atoms. The molecule has 0 atom stereocenters. The Morgan fingerprint density at radius 2 is 2.12 bits per heavy atom. The molecule has 0 bridgehead atoms. The van der Waals surface area contributed by atoms with Gasteiger partial charge in [-0.3, -0.25) is 4.79 Å². The molecule has 1 aromatic rings. The number of nitrogens with zero attached hydrogens (tertiary/aromatic N) is 1. The highest BCUT2D eigenvalue weighted by molar-refractivity contribution is 5.89. The molecule has 1 rings (SSSR count). The molecule has 0 aromatic carbocycles. The predicted octanol–water partition coefficient (Wildman–Crippen LogP) is 1.19. The van der Waals surface area contributed by atoms with Crippen LogP contribution in [-0.4, -0.2) is 21.6 Å². The smallest absolute Gasteiger partial charge is 0.337 e. The van der Waals surface area contributed by atoms with Crippen molar-refractivity contribution >= 4 is 11.9 Å². The van der Waals surface area contributed by atoms with E-state index in [4.69, 9.17) is 10.8 Å². The number of carboxylic acids is 1. The van der Waals surface area contributed by atoms with E-state index >= 15 is 0 Å². The summed E-state index contributed by atoms with van der Waals surface area (Å²) in [5, 5.41) is 9.00. The molecule has 0 aliphatic carbocycles. The molecule has 5 heteroatoms. The Bertz CT molecular complexity index is 407. The first-order chi connectivity index (χ1) is 7.43. The van der Waals surface area contributed by atoms with Gasteiger partial charge < -0.3 is 15.4 Å². The van der Waals surface area contributed by atoms with Crippen LogP contribution in [-0.2, 0) is 11.3 Å². The van der Waals surface area contributed by atoms with Crippen molar-refractivity contribution in [3.63, 3.8) is 0 Å². The van der Waals surface area contributed by atoms with Crippen LogP contribution in [0.25, 0.3) is 0 Å². The van der Waals surface area contributed by atoms with E-state index in [0.717, 1.165) is 5.69 Å². The fourth-order valence-corrected chi connectivity index (χ4v) is 1.73. The first-order valence-electron chi connectivity index (χ1n) is 5.14. The van der Waals surface area contributed by atoms with Gasteiger partial charge in [-0.2, -0.15) is 0 Å². The maximum Gasteiger partial charge on any atom is 0.337 e. The maximum absolute atomic E-state index is 11.0. The fourth-order valence-electron chi connectivity index (χ4n) is 1.73. The van der Waals surface area contributed by atoms with Crippen LogP contribution in [0, 0.1) is 0 Å². The van der Waals surface area contributed by atoms with Crippen LogP contribution in [0.5, 0.6) is 0 Å². The van der Waals surface area contributed by atoms with E-state index < -0.39 is 5.97 Å². The Kier molecular flexibility index (Phi) is 3.71. The van der Waals surface area contributed by atoms with Crippen molar-refractivity contribution in [2.24, 2.45) is 5.73 Å². The summed E-state index contributed by atoms with van der Waals surface area (Å²) in [4.78, 5) is 21.7. The van der Waals surface area contributed by atoms with Crippen molar-refractivity contribution in [2.45, 2.75) is 32.7 Å². The van der Waals surface area contributed by atoms with Gasteiger partial charge >= 0.3 is 5.97 Å². The molecule has 16 heavy (non-hydrogen) atoms. The predicted molar refractivity (Wildman–Crippen MR) is 59.3 cm³/mol. The van der Waals surface area contributed by atoms with Crippen LogP contribution in [0.15, 0.2) is 12.3 Å². The molecule has 0 aliphatic rings. The molecule has 5 nitrogen and oxygen atoms in total. The van der Waals surface area contributed by atoms with Crippen LogP contribution < -0.4 is 5.73 Å². The Morgan fingerprint density at radius 1 is 1.50 bits per heavy atom. The SMILES string of the molecule is CC(C)c1c(C(=O)O)ccn1CCC(N)=O. The monoisotopic (exact) mass is 224 g/mol. The third kappa shape index (κ3) is 2.62. The van der Waals surface area contributed by atoms with Crippen molar-refractivity contribution in [2.75, 3.05) is 0 Å². The maximum atomic E-state index is 11.0. The number of rotatable bonds is 5. The number of aryl methyl sites for hydroxylation is 1. The fraction of sp³-hybridized carbons (Fsp3) is 0.455. The number of aromatic nitrogens is 1. The summed E-state index contributed by atoms with van der Waals surface area (Å²) in [5.41, 5.74) is 6.09. The zero-order chi connectivity index (χ0) is 12.3. The molecule has 88 valence electrons. The topological polar surface area (TPSA) is 85.3 Å². The number of aromatic carboxylic acids is 1. The Labute approximate surface area is 93.9 Å². The van der Waals surface area contributed by atoms with Gasteiger partial charge in [0.1, 0.15) is 0 Å². The van der Waals surface area contributed by atoms with Gasteiger partial charge in [-0.05, 0) is 12.0 Å². The molecule has 0 aliphatic heterocycles. The Morgan fingerprint density at radius 3 is 2.56 bits per heavy atom. The Balaban J connectivity index is 3.00. The summed E-state index contributed by atoms with van der Waals surface area (Å²) in [6.45, 7) is 4.27. The standard InChI is InChI=1S/C11H16N2O3/c1-7(2)10-8(11(15)16)3-5-13(10)6-4-9(12)14/h3,5,7H,4,6H2,1-2H3,(H2,12,14)(H,15,16). The number of hydrogen-bond acceptors (Lipinski definition) is 2. The average Bonchev–Trinajstić information content (AvgIpc) is 2.57. The molecule has 0 saturated heterocycles. The average molecular weight is 224 g/mol. The van der Waals surface area contributed by atoms with Crippen molar-refractivity contribution < 1.29 is 14.7 Å². The molecule has 0 saturated carbocycles. The minimum Gasteiger partial charge on any atom is -0.478 e. The number of primary amides is 1. The highest BCUT2D eigenvalue weighted by Crippen LogP contribution is 2.21. The highest BCUT2D eigenvalue weighted by Gasteiger charge is 2.17. The van der Waals surface area contributed by atoms with Gasteiger partial charge in [0.15, 0.2) is 0 Å². The van der Waals surface area contributed by atoms with Crippen molar-refractivity contribution in [1.29, 1.82) is 0 Å². The van der Waals surface area contributed by atoms with Crippen molar-refractivity contribution in [3.8, 4) is 0 Å². The van der Waals surface area contributed by atoms with Gasteiger partial charge in [0.2, 0.25) is 5.91 Å². The molecule has 0 fully saturated rings. The molecular weight excluding hydrogens is 208 g/mol. The van der Waals surface area contributed by atoms with Crippen LogP contribution >= 0.6 is 0 Å². The third-order valence-electron chi connectivity index (χ3n) is 2.38. The van der Waals surface area contributed by atoms with E-state index in [-0.39, 0.29) is 18.2 Å². The summed E-state index contributed by atoms with van der Waals surface area (Å²) in [6.07, 6.45) is 1.90. The number of amides is 1. The Hall–Kier alpha value is -1.78. The second kappa shape index (κ2) is 4.83. The summed E-state index contributed by atoms with van der Waals surface area (Å²) in [6, 6.07) is 1.55. The lowest BCUT2D eigenvalue weighted by molar-refractivity contribution is -0.118. The minimum atomic E-state index is -0.943. The summed E-state index contributed by atoms with van der Waals surface area (Å²) >= 11 is 0. The largest absolute Gasteiger partial charge is 0.478 e. The van der Waals surface area contributed by atoms with E-state index in [1.165, 1.54) is 0 Å². The first kappa shape index (κ1) is 12.3. The molecule has 0 unspecified atom stereocenters. The number of carboxylic acid groups (broad SMARTS) is 1. The molecule has 1 heterocycles. The summed E-state index contributed by atoms with van der Waals surface area (Å²) in [7, 11) is 0. The molecule has 1 amide bonds. The van der Waals surface area contributed by atoms with E-state index in [2.05, 4.69) is 0 Å². The van der Waals surface area contributed by atoms with Crippen LogP contribution in [0.3, 0.4) is 0 Å². The number of hydrogen-bond donors (Lipinski definition) is 2. The lowest BCUT2D eigenvalue weighted by Gasteiger charge is -2.12. The minimum absolute atomic E-state index is 0.0916.